The fourth-order valence-electron chi connectivity index (χ4n) is 1.78. The van der Waals surface area contributed by atoms with Gasteiger partial charge in [0.2, 0.25) is 0 Å². The van der Waals surface area contributed by atoms with Gasteiger partial charge in [-0.05, 0) is 19.4 Å². The van der Waals surface area contributed by atoms with Crippen molar-refractivity contribution in [3.63, 3.8) is 0 Å². The average Bonchev–Trinajstić information content (AvgIpc) is 2.83. The summed E-state index contributed by atoms with van der Waals surface area (Å²) >= 11 is 0. The van der Waals surface area contributed by atoms with Crippen molar-refractivity contribution in [1.29, 1.82) is 0 Å². The number of aliphatic hydroxyl groups excluding tert-OH is 1. The van der Waals surface area contributed by atoms with E-state index in [4.69, 9.17) is 0 Å². The molecule has 1 aromatic carbocycles. The molecule has 3 nitrogen and oxygen atoms in total. The smallest absolute Gasteiger partial charge is 0.102 e. The standard InChI is InChI=1S/C13H16N2O/c1-13(2,15-9-8-14-10-15)12(16)11-6-4-3-5-7-11/h3-10,12,16H,1-2H3/t12-/m1/s1. The van der Waals surface area contributed by atoms with Gasteiger partial charge in [0, 0.05) is 12.4 Å². The maximum Gasteiger partial charge on any atom is 0.102 e. The molecule has 16 heavy (non-hydrogen) atoms. The Labute approximate surface area is 95.4 Å². The summed E-state index contributed by atoms with van der Waals surface area (Å²) in [5.41, 5.74) is 0.513. The number of hydrogen-bond acceptors (Lipinski definition) is 2. The van der Waals surface area contributed by atoms with Gasteiger partial charge < -0.3 is 9.67 Å². The van der Waals surface area contributed by atoms with Crippen LogP contribution < -0.4 is 0 Å². The van der Waals surface area contributed by atoms with Gasteiger partial charge in [0.05, 0.1) is 11.9 Å². The SMILES string of the molecule is CC(C)([C@H](O)c1ccccc1)n1ccnc1. The summed E-state index contributed by atoms with van der Waals surface area (Å²) in [7, 11) is 0. The molecule has 1 N–H and O–H groups in total. The topological polar surface area (TPSA) is 38.0 Å². The molecule has 0 aliphatic heterocycles. The van der Waals surface area contributed by atoms with Crippen LogP contribution in [0.5, 0.6) is 0 Å². The largest absolute Gasteiger partial charge is 0.386 e. The lowest BCUT2D eigenvalue weighted by atomic mass is 9.91. The molecule has 0 fully saturated rings. The van der Waals surface area contributed by atoms with E-state index in [9.17, 15) is 5.11 Å². The van der Waals surface area contributed by atoms with Gasteiger partial charge in [-0.1, -0.05) is 30.3 Å². The van der Waals surface area contributed by atoms with E-state index in [0.717, 1.165) is 5.56 Å². The van der Waals surface area contributed by atoms with Gasteiger partial charge in [-0.25, -0.2) is 4.98 Å². The van der Waals surface area contributed by atoms with E-state index in [1.807, 2.05) is 54.9 Å². The van der Waals surface area contributed by atoms with Crippen LogP contribution in [-0.2, 0) is 5.54 Å². The van der Waals surface area contributed by atoms with Crippen molar-refractivity contribution in [3.05, 3.63) is 54.6 Å². The van der Waals surface area contributed by atoms with E-state index in [1.165, 1.54) is 0 Å². The maximum absolute atomic E-state index is 10.4. The number of imidazole rings is 1. The maximum atomic E-state index is 10.4. The van der Waals surface area contributed by atoms with Crippen molar-refractivity contribution >= 4 is 0 Å². The minimum Gasteiger partial charge on any atom is -0.386 e. The summed E-state index contributed by atoms with van der Waals surface area (Å²) in [6, 6.07) is 9.68. The summed E-state index contributed by atoms with van der Waals surface area (Å²) in [5, 5.41) is 10.4. The van der Waals surface area contributed by atoms with Gasteiger partial charge in [0.15, 0.2) is 0 Å². The van der Waals surface area contributed by atoms with E-state index >= 15 is 0 Å². The third-order valence-electron chi connectivity index (χ3n) is 2.95. The molecule has 84 valence electrons. The molecule has 0 bridgehead atoms. The number of hydrogen-bond donors (Lipinski definition) is 1. The lowest BCUT2D eigenvalue weighted by Crippen LogP contribution is -2.32. The van der Waals surface area contributed by atoms with Crippen LogP contribution >= 0.6 is 0 Å². The first-order chi connectivity index (χ1) is 7.62. The van der Waals surface area contributed by atoms with Crippen molar-refractivity contribution in [3.8, 4) is 0 Å². The van der Waals surface area contributed by atoms with Gasteiger partial charge >= 0.3 is 0 Å². The van der Waals surface area contributed by atoms with Crippen LogP contribution in [0.1, 0.15) is 25.5 Å². The Hall–Kier alpha value is -1.61. The molecule has 1 atom stereocenters. The zero-order chi connectivity index (χ0) is 11.6. The Morgan fingerprint density at radius 3 is 2.50 bits per heavy atom. The van der Waals surface area contributed by atoms with Gasteiger partial charge in [0.1, 0.15) is 6.10 Å². The van der Waals surface area contributed by atoms with E-state index in [0.29, 0.717) is 0 Å². The highest BCUT2D eigenvalue weighted by Gasteiger charge is 2.30. The highest BCUT2D eigenvalue weighted by atomic mass is 16.3. The fourth-order valence-corrected chi connectivity index (χ4v) is 1.78. The fraction of sp³-hybridized carbons (Fsp3) is 0.308. The van der Waals surface area contributed by atoms with Crippen LogP contribution in [0.25, 0.3) is 0 Å². The summed E-state index contributed by atoms with van der Waals surface area (Å²) in [4.78, 5) is 4.02. The van der Waals surface area contributed by atoms with E-state index in [2.05, 4.69) is 4.98 Å². The van der Waals surface area contributed by atoms with Crippen LogP contribution in [-0.4, -0.2) is 14.7 Å². The molecule has 1 heterocycles. The Balaban J connectivity index is 2.31. The van der Waals surface area contributed by atoms with Crippen molar-refractivity contribution in [1.82, 2.24) is 9.55 Å². The molecule has 3 heteroatoms. The predicted octanol–water partition coefficient (Wildman–Crippen LogP) is 2.35. The second-order valence-corrected chi connectivity index (χ2v) is 4.44. The number of nitrogens with zero attached hydrogens (tertiary/aromatic N) is 2. The molecular formula is C13H16N2O. The van der Waals surface area contributed by atoms with Crippen LogP contribution in [0, 0.1) is 0 Å². The van der Waals surface area contributed by atoms with E-state index < -0.39 is 11.6 Å². The second kappa shape index (κ2) is 4.10. The first-order valence-corrected chi connectivity index (χ1v) is 5.34. The lowest BCUT2D eigenvalue weighted by molar-refractivity contribution is 0.0566. The quantitative estimate of drug-likeness (QED) is 0.855. The molecule has 2 rings (SSSR count). The van der Waals surface area contributed by atoms with Crippen LogP contribution in [0.3, 0.4) is 0 Å². The highest BCUT2D eigenvalue weighted by molar-refractivity contribution is 5.20. The van der Waals surface area contributed by atoms with Gasteiger partial charge in [-0.15, -0.1) is 0 Å². The lowest BCUT2D eigenvalue weighted by Gasteiger charge is -2.32. The third kappa shape index (κ3) is 1.86. The molecule has 0 aliphatic rings. The molecule has 0 radical (unpaired) electrons. The molecule has 0 spiro atoms. The third-order valence-corrected chi connectivity index (χ3v) is 2.95. The monoisotopic (exact) mass is 216 g/mol. The number of benzene rings is 1. The number of aliphatic hydroxyl groups is 1. The first-order valence-electron chi connectivity index (χ1n) is 5.34. The van der Waals surface area contributed by atoms with Crippen molar-refractivity contribution in [2.45, 2.75) is 25.5 Å². The summed E-state index contributed by atoms with van der Waals surface area (Å²) in [5.74, 6) is 0. The van der Waals surface area contributed by atoms with Gasteiger partial charge in [-0.3, -0.25) is 0 Å². The van der Waals surface area contributed by atoms with E-state index in [-0.39, 0.29) is 0 Å². The molecule has 1 aromatic heterocycles. The molecule has 0 amide bonds. The Bertz CT molecular complexity index is 434. The molecule has 0 aliphatic carbocycles. The van der Waals surface area contributed by atoms with Crippen LogP contribution in [0.2, 0.25) is 0 Å². The Kier molecular flexibility index (Phi) is 2.79. The van der Waals surface area contributed by atoms with Crippen LogP contribution in [0.15, 0.2) is 49.1 Å². The van der Waals surface area contributed by atoms with Crippen molar-refractivity contribution in [2.75, 3.05) is 0 Å². The zero-order valence-corrected chi connectivity index (χ0v) is 9.54. The van der Waals surface area contributed by atoms with Crippen molar-refractivity contribution < 1.29 is 5.11 Å². The Morgan fingerprint density at radius 1 is 1.25 bits per heavy atom. The van der Waals surface area contributed by atoms with E-state index in [1.54, 1.807) is 12.5 Å². The molecule has 0 unspecified atom stereocenters. The normalized spacial score (nSPS) is 13.7. The van der Waals surface area contributed by atoms with Crippen LogP contribution in [0.4, 0.5) is 0 Å². The van der Waals surface area contributed by atoms with Crippen molar-refractivity contribution in [2.24, 2.45) is 0 Å². The minimum absolute atomic E-state index is 0.405. The summed E-state index contributed by atoms with van der Waals surface area (Å²) in [6.45, 7) is 3.98. The van der Waals surface area contributed by atoms with Gasteiger partial charge in [-0.2, -0.15) is 0 Å². The summed E-state index contributed by atoms with van der Waals surface area (Å²) in [6.07, 6.45) is 4.76. The molecule has 0 saturated heterocycles. The first kappa shape index (κ1) is 10.9. The Morgan fingerprint density at radius 2 is 1.94 bits per heavy atom. The molecule has 2 aromatic rings. The summed E-state index contributed by atoms with van der Waals surface area (Å²) < 4.78 is 1.92. The average molecular weight is 216 g/mol. The highest BCUT2D eigenvalue weighted by Crippen LogP contribution is 2.31. The molecule has 0 saturated carbocycles. The molecular weight excluding hydrogens is 200 g/mol. The number of rotatable bonds is 3. The predicted molar refractivity (Wildman–Crippen MR) is 63.0 cm³/mol. The number of aromatic nitrogens is 2. The minimum atomic E-state index is -0.553. The zero-order valence-electron chi connectivity index (χ0n) is 9.54. The van der Waals surface area contributed by atoms with Gasteiger partial charge in [0.25, 0.3) is 0 Å². The second-order valence-electron chi connectivity index (χ2n) is 4.44.